The van der Waals surface area contributed by atoms with E-state index in [1.807, 2.05) is 0 Å². The molecule has 10 heteroatoms. The summed E-state index contributed by atoms with van der Waals surface area (Å²) in [5.41, 5.74) is -4.75. The maximum atomic E-state index is 12.7. The molecule has 2 fully saturated rings. The Labute approximate surface area is 127 Å². The van der Waals surface area contributed by atoms with Gasteiger partial charge < -0.3 is 9.84 Å². The predicted octanol–water partition coefficient (Wildman–Crippen LogP) is 3.71. The molecule has 2 aliphatic carbocycles. The number of thiol groups is 1. The van der Waals surface area contributed by atoms with Crippen LogP contribution < -0.4 is 0 Å². The molecule has 128 valence electrons. The van der Waals surface area contributed by atoms with Gasteiger partial charge in [0, 0.05) is 0 Å². The second-order valence-electron chi connectivity index (χ2n) is 5.91. The van der Waals surface area contributed by atoms with Crippen molar-refractivity contribution >= 4 is 17.9 Å². The summed E-state index contributed by atoms with van der Waals surface area (Å²) in [6.07, 6.45) is -12.8. The quantitative estimate of drug-likeness (QED) is 0.462. The van der Waals surface area contributed by atoms with Gasteiger partial charge in [0.05, 0.1) is 0 Å². The fourth-order valence-corrected chi connectivity index (χ4v) is 3.83. The van der Waals surface area contributed by atoms with Gasteiger partial charge in [-0.1, -0.05) is 12.6 Å². The monoisotopic (exact) mass is 352 g/mol. The molecule has 22 heavy (non-hydrogen) atoms. The number of halogens is 6. The van der Waals surface area contributed by atoms with Gasteiger partial charge in [-0.15, -0.1) is 0 Å². The van der Waals surface area contributed by atoms with Crippen LogP contribution in [0.3, 0.4) is 0 Å². The second-order valence-corrected chi connectivity index (χ2v) is 6.27. The fraction of sp³-hybridized carbons (Fsp3) is 0.917. The molecule has 4 unspecified atom stereocenters. The number of aliphatic hydroxyl groups is 1. The molecule has 0 aliphatic heterocycles. The number of ether oxygens (including phenoxy) is 1. The zero-order valence-electron chi connectivity index (χ0n) is 11.1. The Morgan fingerprint density at radius 2 is 1.68 bits per heavy atom. The standard InChI is InChI=1S/C12H14F6O3S/c13-11(14,15)10(20,12(16,17)18)4-6-3-5-1-2-7(6)8(5)21-9(19)22/h5-8,20H,1-4H2,(H,19,22). The molecule has 2 aliphatic rings. The molecule has 2 bridgehead atoms. The van der Waals surface area contributed by atoms with Crippen LogP contribution >= 0.6 is 12.6 Å². The first kappa shape index (κ1) is 17.7. The predicted molar refractivity (Wildman–Crippen MR) is 65.3 cm³/mol. The third-order valence-electron chi connectivity index (χ3n) is 4.70. The summed E-state index contributed by atoms with van der Waals surface area (Å²) in [6, 6.07) is 0. The van der Waals surface area contributed by atoms with E-state index in [0.717, 1.165) is 0 Å². The molecule has 0 aromatic carbocycles. The number of fused-ring (bicyclic) bond motifs is 2. The molecule has 0 saturated heterocycles. The van der Waals surface area contributed by atoms with E-state index in [-0.39, 0.29) is 12.3 Å². The van der Waals surface area contributed by atoms with E-state index < -0.39 is 47.6 Å². The summed E-state index contributed by atoms with van der Waals surface area (Å²) in [7, 11) is 0. The minimum absolute atomic E-state index is 0.0604. The Bertz CT molecular complexity index is 435. The van der Waals surface area contributed by atoms with Crippen LogP contribution in [0.2, 0.25) is 0 Å². The summed E-state index contributed by atoms with van der Waals surface area (Å²) in [4.78, 5) is 10.9. The summed E-state index contributed by atoms with van der Waals surface area (Å²) < 4.78 is 81.3. The molecule has 0 heterocycles. The lowest BCUT2D eigenvalue weighted by Crippen LogP contribution is -2.58. The number of alkyl halides is 6. The minimum Gasteiger partial charge on any atom is -0.454 e. The van der Waals surface area contributed by atoms with Crippen molar-refractivity contribution in [2.75, 3.05) is 0 Å². The maximum absolute atomic E-state index is 12.7. The second kappa shape index (κ2) is 5.47. The highest BCUT2D eigenvalue weighted by Crippen LogP contribution is 2.56. The van der Waals surface area contributed by atoms with Crippen LogP contribution in [0, 0.1) is 17.8 Å². The Balaban J connectivity index is 2.18. The molecular formula is C12H14F6O3S. The van der Waals surface area contributed by atoms with Gasteiger partial charge in [-0.3, -0.25) is 0 Å². The molecular weight excluding hydrogens is 338 g/mol. The molecule has 0 aromatic heterocycles. The lowest BCUT2D eigenvalue weighted by molar-refractivity contribution is -0.373. The van der Waals surface area contributed by atoms with Crippen molar-refractivity contribution in [2.45, 2.75) is 49.7 Å². The van der Waals surface area contributed by atoms with E-state index in [2.05, 4.69) is 12.6 Å². The SMILES string of the molecule is O=C(S)OC1C2CCC1C(CC(O)(C(F)(F)F)C(F)(F)F)C2. The molecule has 0 aromatic rings. The van der Waals surface area contributed by atoms with Gasteiger partial charge in [0.25, 0.3) is 5.60 Å². The highest BCUT2D eigenvalue weighted by atomic mass is 32.1. The number of carbonyl (C=O) groups is 1. The lowest BCUT2D eigenvalue weighted by Gasteiger charge is -2.36. The van der Waals surface area contributed by atoms with Crippen LogP contribution in [-0.4, -0.2) is 34.5 Å². The number of hydrogen-bond donors (Lipinski definition) is 2. The Hall–Kier alpha value is -0.640. The van der Waals surface area contributed by atoms with E-state index in [9.17, 15) is 36.2 Å². The first-order chi connectivity index (χ1) is 9.87. The molecule has 2 saturated carbocycles. The van der Waals surface area contributed by atoms with Crippen LogP contribution in [0.1, 0.15) is 25.7 Å². The third kappa shape index (κ3) is 2.91. The van der Waals surface area contributed by atoms with E-state index in [4.69, 9.17) is 4.74 Å². The van der Waals surface area contributed by atoms with E-state index in [0.29, 0.717) is 12.8 Å². The van der Waals surface area contributed by atoms with E-state index >= 15 is 0 Å². The molecule has 2 rings (SSSR count). The van der Waals surface area contributed by atoms with Crippen LogP contribution in [0.15, 0.2) is 0 Å². The summed E-state index contributed by atoms with van der Waals surface area (Å²) in [5, 5.41) is 8.36. The normalized spacial score (nSPS) is 32.4. The topological polar surface area (TPSA) is 46.5 Å². The number of hydrogen-bond acceptors (Lipinski definition) is 3. The van der Waals surface area contributed by atoms with Gasteiger partial charge in [-0.05, 0) is 43.4 Å². The van der Waals surface area contributed by atoms with E-state index in [1.165, 1.54) is 0 Å². The van der Waals surface area contributed by atoms with Crippen molar-refractivity contribution in [1.82, 2.24) is 0 Å². The smallest absolute Gasteiger partial charge is 0.426 e. The van der Waals surface area contributed by atoms with Crippen molar-refractivity contribution in [2.24, 2.45) is 17.8 Å². The minimum atomic E-state index is -5.82. The van der Waals surface area contributed by atoms with Gasteiger partial charge in [0.15, 0.2) is 0 Å². The van der Waals surface area contributed by atoms with Crippen LogP contribution in [0.25, 0.3) is 0 Å². The molecule has 0 radical (unpaired) electrons. The Kier molecular flexibility index (Phi) is 4.40. The van der Waals surface area contributed by atoms with Crippen LogP contribution in [0.5, 0.6) is 0 Å². The van der Waals surface area contributed by atoms with Gasteiger partial charge in [-0.25, -0.2) is 4.79 Å². The van der Waals surface area contributed by atoms with Crippen molar-refractivity contribution in [3.05, 3.63) is 0 Å². The molecule has 0 amide bonds. The van der Waals surface area contributed by atoms with Gasteiger partial charge in [0.2, 0.25) is 0 Å². The average molecular weight is 352 g/mol. The summed E-state index contributed by atoms with van der Waals surface area (Å²) in [5.74, 6) is -1.90. The largest absolute Gasteiger partial charge is 0.454 e. The highest BCUT2D eigenvalue weighted by Gasteiger charge is 2.71. The average Bonchev–Trinajstić information content (AvgIpc) is 2.82. The van der Waals surface area contributed by atoms with Crippen LogP contribution in [0.4, 0.5) is 31.1 Å². The zero-order chi connectivity index (χ0) is 16.9. The fourth-order valence-electron chi connectivity index (χ4n) is 3.71. The molecule has 0 spiro atoms. The van der Waals surface area contributed by atoms with Gasteiger partial charge in [0.1, 0.15) is 6.10 Å². The first-order valence-electron chi connectivity index (χ1n) is 6.62. The number of rotatable bonds is 3. The van der Waals surface area contributed by atoms with E-state index in [1.54, 1.807) is 0 Å². The Morgan fingerprint density at radius 1 is 1.14 bits per heavy atom. The van der Waals surface area contributed by atoms with Crippen molar-refractivity contribution < 1.29 is 41.0 Å². The maximum Gasteiger partial charge on any atom is 0.426 e. The van der Waals surface area contributed by atoms with Crippen molar-refractivity contribution in [3.63, 3.8) is 0 Å². The van der Waals surface area contributed by atoms with Gasteiger partial charge in [-0.2, -0.15) is 26.3 Å². The van der Waals surface area contributed by atoms with Crippen molar-refractivity contribution in [3.8, 4) is 0 Å². The molecule has 3 nitrogen and oxygen atoms in total. The zero-order valence-corrected chi connectivity index (χ0v) is 12.0. The van der Waals surface area contributed by atoms with Crippen molar-refractivity contribution in [1.29, 1.82) is 0 Å². The van der Waals surface area contributed by atoms with Gasteiger partial charge >= 0.3 is 17.7 Å². The Morgan fingerprint density at radius 3 is 2.14 bits per heavy atom. The first-order valence-corrected chi connectivity index (χ1v) is 7.07. The van der Waals surface area contributed by atoms with Crippen LogP contribution in [-0.2, 0) is 4.74 Å². The molecule has 1 N–H and O–H groups in total. The summed E-state index contributed by atoms with van der Waals surface area (Å²) >= 11 is 3.42. The lowest BCUT2D eigenvalue weighted by atomic mass is 9.79. The highest BCUT2D eigenvalue weighted by molar-refractivity contribution is 7.96. The number of carbonyl (C=O) groups excluding carboxylic acids is 1. The summed E-state index contributed by atoms with van der Waals surface area (Å²) in [6.45, 7) is 0. The third-order valence-corrected chi connectivity index (χ3v) is 4.81. The molecule has 4 atom stereocenters.